The van der Waals surface area contributed by atoms with Gasteiger partial charge in [-0.05, 0) is 54.5 Å². The summed E-state index contributed by atoms with van der Waals surface area (Å²) in [6.45, 7) is 3.69. The van der Waals surface area contributed by atoms with Crippen molar-refractivity contribution in [1.29, 1.82) is 0 Å². The van der Waals surface area contributed by atoms with E-state index in [-0.39, 0.29) is 34.4 Å². The summed E-state index contributed by atoms with van der Waals surface area (Å²) in [6.07, 6.45) is 0. The number of likely N-dealkylation sites (N-methyl/N-ethyl adjacent to an activating group) is 1. The van der Waals surface area contributed by atoms with Gasteiger partial charge in [-0.3, -0.25) is 0 Å². The molecule has 0 saturated heterocycles. The summed E-state index contributed by atoms with van der Waals surface area (Å²) in [5, 5.41) is 2.93. The number of halogens is 3. The topological polar surface area (TPSA) is 58.2 Å². The van der Waals surface area contributed by atoms with Crippen molar-refractivity contribution in [3.63, 3.8) is 0 Å². The van der Waals surface area contributed by atoms with Crippen molar-refractivity contribution in [2.24, 2.45) is 0 Å². The molecule has 0 radical (unpaired) electrons. The number of aryl methyl sites for hydroxylation is 1. The van der Waals surface area contributed by atoms with Crippen molar-refractivity contribution in [2.45, 2.75) is 24.8 Å². The average molecular weight is 376 g/mol. The predicted octanol–water partition coefficient (Wildman–Crippen LogP) is 2.20. The van der Waals surface area contributed by atoms with Gasteiger partial charge in [0.2, 0.25) is 10.0 Å². The summed E-state index contributed by atoms with van der Waals surface area (Å²) in [5.74, 6) is -0.477. The van der Waals surface area contributed by atoms with Gasteiger partial charge in [0, 0.05) is 12.6 Å². The quantitative estimate of drug-likeness (QED) is 0.829. The van der Waals surface area contributed by atoms with Gasteiger partial charge in [-0.25, -0.2) is 17.5 Å². The molecule has 0 heterocycles. The summed E-state index contributed by atoms with van der Waals surface area (Å²) in [4.78, 5) is 0.0825. The van der Waals surface area contributed by atoms with Gasteiger partial charge in [-0.1, -0.05) is 0 Å². The highest BCUT2D eigenvalue weighted by Crippen LogP contribution is 2.23. The lowest BCUT2D eigenvalue weighted by molar-refractivity contribution is 0.553. The van der Waals surface area contributed by atoms with Gasteiger partial charge in [-0.15, -0.1) is 12.4 Å². The minimum absolute atomic E-state index is 0. The highest BCUT2D eigenvalue weighted by Gasteiger charge is 2.19. The monoisotopic (exact) mass is 374 g/mol. The van der Waals surface area contributed by atoms with Gasteiger partial charge in [0.15, 0.2) is 0 Å². The smallest absolute Gasteiger partial charge is 0.240 e. The second-order valence-electron chi connectivity index (χ2n) is 4.07. The van der Waals surface area contributed by atoms with E-state index in [1.54, 1.807) is 14.0 Å². The lowest BCUT2D eigenvalue weighted by Gasteiger charge is -2.13. The van der Waals surface area contributed by atoms with Crippen LogP contribution in [0.5, 0.6) is 0 Å². The molecule has 2 N–H and O–H groups in total. The molecule has 0 saturated carbocycles. The Hall–Kier alpha value is -0.210. The fourth-order valence-corrected chi connectivity index (χ4v) is 3.21. The van der Waals surface area contributed by atoms with Gasteiger partial charge in [0.05, 0.1) is 9.37 Å². The Kier molecular flexibility index (Phi) is 7.46. The summed E-state index contributed by atoms with van der Waals surface area (Å²) in [7, 11) is -1.87. The first kappa shape index (κ1) is 18.8. The fourth-order valence-electron chi connectivity index (χ4n) is 1.33. The summed E-state index contributed by atoms with van der Waals surface area (Å²) < 4.78 is 40.0. The van der Waals surface area contributed by atoms with Gasteiger partial charge in [0.1, 0.15) is 5.82 Å². The number of hydrogen-bond acceptors (Lipinski definition) is 3. The normalized spacial score (nSPS) is 12.9. The maximum atomic E-state index is 13.2. The third kappa shape index (κ3) is 5.00. The second kappa shape index (κ2) is 7.54. The standard InChI is InChI=1S/C11H16BrFN2O2S.ClH/c1-7-4-10(13)9(12)5-11(7)18(16,17)15-6-8(2)14-3;/h4-5,8,14-15H,6H2,1-3H3;1H. The number of rotatable bonds is 5. The van der Waals surface area contributed by atoms with E-state index in [9.17, 15) is 12.8 Å². The Morgan fingerprint density at radius 1 is 1.42 bits per heavy atom. The van der Waals surface area contributed by atoms with Crippen molar-refractivity contribution in [3.8, 4) is 0 Å². The molecule has 0 aliphatic rings. The molecular formula is C11H17BrClFN2O2S. The molecular weight excluding hydrogens is 359 g/mol. The van der Waals surface area contributed by atoms with Gasteiger partial charge < -0.3 is 5.32 Å². The Balaban J connectivity index is 0.00000324. The fraction of sp³-hybridized carbons (Fsp3) is 0.455. The van der Waals surface area contributed by atoms with Crippen molar-refractivity contribution >= 4 is 38.4 Å². The Morgan fingerprint density at radius 3 is 2.53 bits per heavy atom. The highest BCUT2D eigenvalue weighted by molar-refractivity contribution is 9.10. The first-order valence-corrected chi connectivity index (χ1v) is 7.68. The first-order chi connectivity index (χ1) is 8.27. The van der Waals surface area contributed by atoms with Crippen LogP contribution in [0.15, 0.2) is 21.5 Å². The van der Waals surface area contributed by atoms with Crippen molar-refractivity contribution in [2.75, 3.05) is 13.6 Å². The van der Waals surface area contributed by atoms with Crippen LogP contribution >= 0.6 is 28.3 Å². The molecule has 1 atom stereocenters. The van der Waals surface area contributed by atoms with Crippen LogP contribution in [0.3, 0.4) is 0 Å². The molecule has 1 aromatic carbocycles. The van der Waals surface area contributed by atoms with E-state index in [2.05, 4.69) is 26.0 Å². The highest BCUT2D eigenvalue weighted by atomic mass is 79.9. The van der Waals surface area contributed by atoms with Crippen LogP contribution < -0.4 is 10.0 Å². The molecule has 110 valence electrons. The molecule has 19 heavy (non-hydrogen) atoms. The largest absolute Gasteiger partial charge is 0.316 e. The molecule has 8 heteroatoms. The Morgan fingerprint density at radius 2 is 2.00 bits per heavy atom. The lowest BCUT2D eigenvalue weighted by atomic mass is 10.2. The molecule has 4 nitrogen and oxygen atoms in total. The van der Waals surface area contributed by atoms with Crippen LogP contribution in [0.25, 0.3) is 0 Å². The van der Waals surface area contributed by atoms with Gasteiger partial charge >= 0.3 is 0 Å². The zero-order chi connectivity index (χ0) is 13.9. The molecule has 0 aliphatic carbocycles. The summed E-state index contributed by atoms with van der Waals surface area (Å²) in [5.41, 5.74) is 0.375. The van der Waals surface area contributed by atoms with Crippen molar-refractivity contribution < 1.29 is 12.8 Å². The van der Waals surface area contributed by atoms with E-state index in [1.165, 1.54) is 12.1 Å². The number of hydrogen-bond donors (Lipinski definition) is 2. The maximum absolute atomic E-state index is 13.2. The number of benzene rings is 1. The first-order valence-electron chi connectivity index (χ1n) is 5.40. The molecule has 0 spiro atoms. The average Bonchev–Trinajstić information content (AvgIpc) is 2.30. The van der Waals surface area contributed by atoms with E-state index < -0.39 is 15.8 Å². The van der Waals surface area contributed by atoms with E-state index in [0.29, 0.717) is 5.56 Å². The molecule has 1 rings (SSSR count). The SMILES string of the molecule is CNC(C)CNS(=O)(=O)c1cc(Br)c(F)cc1C.Cl. The minimum atomic E-state index is -3.62. The molecule has 0 bridgehead atoms. The molecule has 1 unspecified atom stereocenters. The van der Waals surface area contributed by atoms with Crippen molar-refractivity contribution in [1.82, 2.24) is 10.0 Å². The maximum Gasteiger partial charge on any atom is 0.240 e. The molecule has 0 fully saturated rings. The third-order valence-corrected chi connectivity index (χ3v) is 4.75. The zero-order valence-electron chi connectivity index (χ0n) is 10.8. The lowest BCUT2D eigenvalue weighted by Crippen LogP contribution is -2.37. The van der Waals surface area contributed by atoms with Gasteiger partial charge in [0.25, 0.3) is 0 Å². The van der Waals surface area contributed by atoms with Crippen LogP contribution in [0, 0.1) is 12.7 Å². The second-order valence-corrected chi connectivity index (χ2v) is 6.66. The molecule has 0 aliphatic heterocycles. The zero-order valence-corrected chi connectivity index (χ0v) is 14.0. The summed E-state index contributed by atoms with van der Waals surface area (Å²) in [6, 6.07) is 2.49. The van der Waals surface area contributed by atoms with Crippen LogP contribution in [-0.4, -0.2) is 28.1 Å². The van der Waals surface area contributed by atoms with E-state index in [0.717, 1.165) is 0 Å². The van der Waals surface area contributed by atoms with E-state index in [1.807, 2.05) is 6.92 Å². The molecule has 1 aromatic rings. The Bertz CT molecular complexity index is 540. The summed E-state index contributed by atoms with van der Waals surface area (Å²) >= 11 is 2.99. The number of nitrogens with one attached hydrogen (secondary N) is 2. The molecule has 0 amide bonds. The van der Waals surface area contributed by atoms with E-state index in [4.69, 9.17) is 0 Å². The van der Waals surface area contributed by atoms with Gasteiger partial charge in [-0.2, -0.15) is 0 Å². The van der Waals surface area contributed by atoms with Crippen LogP contribution in [0.2, 0.25) is 0 Å². The third-order valence-electron chi connectivity index (χ3n) is 2.58. The Labute approximate surface area is 127 Å². The molecule has 0 aromatic heterocycles. The van der Waals surface area contributed by atoms with Crippen LogP contribution in [-0.2, 0) is 10.0 Å². The number of sulfonamides is 1. The van der Waals surface area contributed by atoms with Crippen molar-refractivity contribution in [3.05, 3.63) is 28.0 Å². The predicted molar refractivity (Wildman–Crippen MR) is 79.8 cm³/mol. The van der Waals surface area contributed by atoms with Crippen LogP contribution in [0.4, 0.5) is 4.39 Å². The minimum Gasteiger partial charge on any atom is -0.316 e. The van der Waals surface area contributed by atoms with E-state index >= 15 is 0 Å². The van der Waals surface area contributed by atoms with Crippen LogP contribution in [0.1, 0.15) is 12.5 Å².